The van der Waals surface area contributed by atoms with Crippen molar-refractivity contribution in [2.75, 3.05) is 45.8 Å². The Balaban J connectivity index is 1.31. The summed E-state index contributed by atoms with van der Waals surface area (Å²) in [4.78, 5) is 28.2. The number of likely N-dealkylation sites (tertiary alicyclic amines) is 1. The Bertz CT molecular complexity index is 397. The number of hydrogen-bond donors (Lipinski definition) is 2. The second kappa shape index (κ2) is 7.42. The molecule has 1 saturated carbocycles. The van der Waals surface area contributed by atoms with Crippen LogP contribution in [0.2, 0.25) is 0 Å². The Morgan fingerprint density at radius 1 is 1.00 bits per heavy atom. The number of amides is 2. The molecule has 0 aromatic rings. The summed E-state index contributed by atoms with van der Waals surface area (Å²) < 4.78 is 0. The van der Waals surface area contributed by atoms with Gasteiger partial charge in [0, 0.05) is 64.2 Å². The molecule has 0 bridgehead atoms. The zero-order valence-electron chi connectivity index (χ0n) is 13.4. The summed E-state index contributed by atoms with van der Waals surface area (Å²) in [5.41, 5.74) is 0. The topological polar surface area (TPSA) is 64.7 Å². The number of nitrogens with zero attached hydrogens (tertiary/aromatic N) is 2. The molecule has 0 aromatic heterocycles. The first kappa shape index (κ1) is 15.7. The maximum atomic E-state index is 12.1. The van der Waals surface area contributed by atoms with E-state index in [9.17, 15) is 9.59 Å². The fourth-order valence-electron chi connectivity index (χ4n) is 3.29. The van der Waals surface area contributed by atoms with Crippen molar-refractivity contribution in [1.29, 1.82) is 0 Å². The third-order valence-corrected chi connectivity index (χ3v) is 4.99. The third-order valence-electron chi connectivity index (χ3n) is 4.99. The number of carbonyl (C=O) groups excluding carboxylic acids is 2. The quantitative estimate of drug-likeness (QED) is 0.738. The number of rotatable bonds is 5. The molecule has 124 valence electrons. The van der Waals surface area contributed by atoms with Gasteiger partial charge in [0.25, 0.3) is 0 Å². The molecule has 2 heterocycles. The van der Waals surface area contributed by atoms with Gasteiger partial charge in [0.1, 0.15) is 0 Å². The van der Waals surface area contributed by atoms with E-state index < -0.39 is 0 Å². The van der Waals surface area contributed by atoms with Crippen LogP contribution >= 0.6 is 0 Å². The summed E-state index contributed by atoms with van der Waals surface area (Å²) in [6.45, 7) is 6.35. The van der Waals surface area contributed by atoms with Crippen LogP contribution in [0.15, 0.2) is 0 Å². The Labute approximate surface area is 132 Å². The van der Waals surface area contributed by atoms with E-state index in [1.165, 1.54) is 0 Å². The minimum Gasteiger partial charge on any atom is -0.353 e. The van der Waals surface area contributed by atoms with Crippen LogP contribution in [0.25, 0.3) is 0 Å². The summed E-state index contributed by atoms with van der Waals surface area (Å²) >= 11 is 0. The standard InChI is InChI=1S/C16H28N4O2/c21-15(20-11-6-17-7-12-20)5-10-19-8-3-14(4-9-19)18-16(22)13-1-2-13/h13-14,17H,1-12H2,(H,18,22). The SMILES string of the molecule is O=C(NC1CCN(CCC(=O)N2CCNCC2)CC1)C1CC1. The molecule has 0 aromatic carbocycles. The lowest BCUT2D eigenvalue weighted by molar-refractivity contribution is -0.132. The van der Waals surface area contributed by atoms with E-state index >= 15 is 0 Å². The Morgan fingerprint density at radius 2 is 1.68 bits per heavy atom. The van der Waals surface area contributed by atoms with E-state index in [1.807, 2.05) is 4.90 Å². The molecule has 2 amide bonds. The highest BCUT2D eigenvalue weighted by Gasteiger charge is 2.31. The molecule has 6 nitrogen and oxygen atoms in total. The van der Waals surface area contributed by atoms with Crippen molar-refractivity contribution in [3.63, 3.8) is 0 Å². The molecule has 0 spiro atoms. The normalized spacial score (nSPS) is 24.3. The Morgan fingerprint density at radius 3 is 2.32 bits per heavy atom. The van der Waals surface area contributed by atoms with Crippen molar-refractivity contribution in [3.05, 3.63) is 0 Å². The summed E-state index contributed by atoms with van der Waals surface area (Å²) in [5.74, 6) is 0.840. The fraction of sp³-hybridized carbons (Fsp3) is 0.875. The molecule has 3 aliphatic rings. The lowest BCUT2D eigenvalue weighted by atomic mass is 10.0. The van der Waals surface area contributed by atoms with Crippen LogP contribution in [0.1, 0.15) is 32.1 Å². The molecule has 0 atom stereocenters. The molecular weight excluding hydrogens is 280 g/mol. The summed E-state index contributed by atoms with van der Waals surface area (Å²) in [5, 5.41) is 6.44. The van der Waals surface area contributed by atoms with Crippen molar-refractivity contribution in [2.24, 2.45) is 5.92 Å². The summed E-state index contributed by atoms with van der Waals surface area (Å²) in [7, 11) is 0. The number of piperazine rings is 1. The average molecular weight is 308 g/mol. The van der Waals surface area contributed by atoms with Crippen molar-refractivity contribution < 1.29 is 9.59 Å². The molecule has 2 N–H and O–H groups in total. The second-order valence-electron chi connectivity index (χ2n) is 6.78. The molecule has 22 heavy (non-hydrogen) atoms. The first-order valence-electron chi connectivity index (χ1n) is 8.73. The lowest BCUT2D eigenvalue weighted by Gasteiger charge is -2.33. The van der Waals surface area contributed by atoms with Crippen LogP contribution in [0, 0.1) is 5.92 Å². The van der Waals surface area contributed by atoms with Crippen LogP contribution < -0.4 is 10.6 Å². The molecule has 0 radical (unpaired) electrons. The van der Waals surface area contributed by atoms with Crippen molar-refractivity contribution in [2.45, 2.75) is 38.1 Å². The molecule has 6 heteroatoms. The maximum absolute atomic E-state index is 12.1. The Hall–Kier alpha value is -1.14. The molecule has 3 fully saturated rings. The van der Waals surface area contributed by atoms with Gasteiger partial charge < -0.3 is 20.4 Å². The highest BCUT2D eigenvalue weighted by Crippen LogP contribution is 2.29. The fourth-order valence-corrected chi connectivity index (χ4v) is 3.29. The van der Waals surface area contributed by atoms with Gasteiger partial charge in [-0.05, 0) is 25.7 Å². The van der Waals surface area contributed by atoms with Crippen LogP contribution in [0.4, 0.5) is 0 Å². The van der Waals surface area contributed by atoms with Gasteiger partial charge in [-0.3, -0.25) is 9.59 Å². The summed E-state index contributed by atoms with van der Waals surface area (Å²) in [6, 6.07) is 0.341. The van der Waals surface area contributed by atoms with Gasteiger partial charge in [-0.2, -0.15) is 0 Å². The van der Waals surface area contributed by atoms with Crippen LogP contribution in [0.5, 0.6) is 0 Å². The molecule has 2 aliphatic heterocycles. The number of carbonyl (C=O) groups is 2. The van der Waals surface area contributed by atoms with Gasteiger partial charge in [0.15, 0.2) is 0 Å². The van der Waals surface area contributed by atoms with E-state index in [4.69, 9.17) is 0 Å². The molecule has 2 saturated heterocycles. The molecule has 0 unspecified atom stereocenters. The first-order chi connectivity index (χ1) is 10.7. The first-order valence-corrected chi connectivity index (χ1v) is 8.73. The predicted octanol–water partition coefficient (Wildman–Crippen LogP) is -0.201. The van der Waals surface area contributed by atoms with E-state index in [0.717, 1.165) is 71.5 Å². The minimum absolute atomic E-state index is 0.257. The van der Waals surface area contributed by atoms with E-state index in [-0.39, 0.29) is 11.8 Å². The molecular formula is C16H28N4O2. The van der Waals surface area contributed by atoms with Crippen LogP contribution in [-0.4, -0.2) is 73.5 Å². The van der Waals surface area contributed by atoms with Crippen molar-refractivity contribution >= 4 is 11.8 Å². The molecule has 1 aliphatic carbocycles. The van der Waals surface area contributed by atoms with Gasteiger partial charge in [-0.1, -0.05) is 0 Å². The highest BCUT2D eigenvalue weighted by molar-refractivity contribution is 5.81. The lowest BCUT2D eigenvalue weighted by Crippen LogP contribution is -2.48. The third kappa shape index (κ3) is 4.43. The maximum Gasteiger partial charge on any atom is 0.223 e. The largest absolute Gasteiger partial charge is 0.353 e. The number of hydrogen-bond acceptors (Lipinski definition) is 4. The number of piperidine rings is 1. The highest BCUT2D eigenvalue weighted by atomic mass is 16.2. The zero-order valence-corrected chi connectivity index (χ0v) is 13.4. The van der Waals surface area contributed by atoms with Gasteiger partial charge in [-0.25, -0.2) is 0 Å². The smallest absolute Gasteiger partial charge is 0.223 e. The van der Waals surface area contributed by atoms with E-state index in [0.29, 0.717) is 18.4 Å². The van der Waals surface area contributed by atoms with Crippen molar-refractivity contribution in [3.8, 4) is 0 Å². The number of nitrogens with one attached hydrogen (secondary N) is 2. The van der Waals surface area contributed by atoms with Crippen LogP contribution in [-0.2, 0) is 9.59 Å². The monoisotopic (exact) mass is 308 g/mol. The van der Waals surface area contributed by atoms with Crippen molar-refractivity contribution in [1.82, 2.24) is 20.4 Å². The predicted molar refractivity (Wildman–Crippen MR) is 84.4 cm³/mol. The second-order valence-corrected chi connectivity index (χ2v) is 6.78. The Kier molecular flexibility index (Phi) is 5.31. The van der Waals surface area contributed by atoms with E-state index in [2.05, 4.69) is 15.5 Å². The van der Waals surface area contributed by atoms with Gasteiger partial charge in [-0.15, -0.1) is 0 Å². The zero-order chi connectivity index (χ0) is 15.4. The average Bonchev–Trinajstić information content (AvgIpc) is 3.40. The van der Waals surface area contributed by atoms with Gasteiger partial charge in [0.2, 0.25) is 11.8 Å². The van der Waals surface area contributed by atoms with Gasteiger partial charge >= 0.3 is 0 Å². The minimum atomic E-state index is 0.257. The van der Waals surface area contributed by atoms with E-state index in [1.54, 1.807) is 0 Å². The van der Waals surface area contributed by atoms with Crippen LogP contribution in [0.3, 0.4) is 0 Å². The summed E-state index contributed by atoms with van der Waals surface area (Å²) in [6.07, 6.45) is 4.79. The van der Waals surface area contributed by atoms with Gasteiger partial charge in [0.05, 0.1) is 0 Å². The molecule has 3 rings (SSSR count).